The minimum Gasteiger partial charge on any atom is -0.366 e. The van der Waals surface area contributed by atoms with Crippen molar-refractivity contribution in [3.05, 3.63) is 65.4 Å². The van der Waals surface area contributed by atoms with Gasteiger partial charge >= 0.3 is 0 Å². The lowest BCUT2D eigenvalue weighted by atomic mass is 9.94. The number of carbonyl (C=O) groups excluding carboxylic acids is 1. The predicted octanol–water partition coefficient (Wildman–Crippen LogP) is 3.31. The molecule has 0 atom stereocenters. The van der Waals surface area contributed by atoms with Crippen molar-refractivity contribution in [2.24, 2.45) is 5.73 Å². The molecule has 0 aliphatic rings. The van der Waals surface area contributed by atoms with E-state index >= 15 is 0 Å². The molecule has 0 saturated heterocycles. The van der Waals surface area contributed by atoms with E-state index in [0.717, 1.165) is 33.8 Å². The van der Waals surface area contributed by atoms with Gasteiger partial charge in [-0.2, -0.15) is 0 Å². The Hall–Kier alpha value is -3.28. The Labute approximate surface area is 146 Å². The van der Waals surface area contributed by atoms with Gasteiger partial charge in [0, 0.05) is 17.3 Å². The molecule has 126 valence electrons. The van der Waals surface area contributed by atoms with Crippen LogP contribution in [0.5, 0.6) is 0 Å². The molecule has 3 rings (SSSR count). The Morgan fingerprint density at radius 2 is 1.64 bits per heavy atom. The van der Waals surface area contributed by atoms with Crippen LogP contribution in [0, 0.1) is 20.8 Å². The summed E-state index contributed by atoms with van der Waals surface area (Å²) in [5.74, 6) is 1.02. The van der Waals surface area contributed by atoms with E-state index in [1.54, 1.807) is 24.7 Å². The number of nitrogens with one attached hydrogen (secondary N) is 1. The number of aryl methyl sites for hydroxylation is 1. The first-order chi connectivity index (χ1) is 12.0. The van der Waals surface area contributed by atoms with E-state index in [2.05, 4.69) is 20.3 Å². The van der Waals surface area contributed by atoms with Crippen LogP contribution in [0.2, 0.25) is 0 Å². The van der Waals surface area contributed by atoms with Crippen molar-refractivity contribution in [3.63, 3.8) is 0 Å². The van der Waals surface area contributed by atoms with Gasteiger partial charge in [-0.25, -0.2) is 15.0 Å². The Bertz CT molecular complexity index is 918. The highest BCUT2D eigenvalue weighted by Gasteiger charge is 2.11. The zero-order chi connectivity index (χ0) is 18.0. The van der Waals surface area contributed by atoms with Gasteiger partial charge < -0.3 is 11.1 Å². The Balaban J connectivity index is 1.86. The summed E-state index contributed by atoms with van der Waals surface area (Å²) in [6.07, 6.45) is 5.23. The van der Waals surface area contributed by atoms with E-state index in [0.29, 0.717) is 11.4 Å². The van der Waals surface area contributed by atoms with Crippen molar-refractivity contribution in [2.75, 3.05) is 5.32 Å². The van der Waals surface area contributed by atoms with Crippen molar-refractivity contribution in [3.8, 4) is 11.1 Å². The van der Waals surface area contributed by atoms with Gasteiger partial charge in [-0.05, 0) is 55.7 Å². The second-order valence-corrected chi connectivity index (χ2v) is 5.85. The van der Waals surface area contributed by atoms with Crippen LogP contribution in [-0.2, 0) is 0 Å². The second-order valence-electron chi connectivity index (χ2n) is 5.85. The third-order valence-corrected chi connectivity index (χ3v) is 4.18. The van der Waals surface area contributed by atoms with Crippen LogP contribution < -0.4 is 11.1 Å². The normalized spacial score (nSPS) is 10.5. The number of nitrogens with zero attached hydrogens (tertiary/aromatic N) is 3. The van der Waals surface area contributed by atoms with E-state index in [1.807, 2.05) is 39.0 Å². The van der Waals surface area contributed by atoms with Gasteiger partial charge in [-0.1, -0.05) is 6.07 Å². The summed E-state index contributed by atoms with van der Waals surface area (Å²) in [7, 11) is 0. The van der Waals surface area contributed by atoms with Crippen LogP contribution in [0.4, 0.5) is 11.5 Å². The number of carbonyl (C=O) groups is 1. The first-order valence-electron chi connectivity index (χ1n) is 7.88. The topological polar surface area (TPSA) is 93.8 Å². The smallest absolute Gasteiger partial charge is 0.248 e. The van der Waals surface area contributed by atoms with Gasteiger partial charge in [0.2, 0.25) is 5.91 Å². The van der Waals surface area contributed by atoms with Crippen LogP contribution in [-0.4, -0.2) is 20.9 Å². The third kappa shape index (κ3) is 3.47. The van der Waals surface area contributed by atoms with Crippen molar-refractivity contribution in [1.82, 2.24) is 15.0 Å². The van der Waals surface area contributed by atoms with Crippen LogP contribution in [0.15, 0.2) is 42.9 Å². The molecule has 0 aliphatic heterocycles. The molecule has 6 nitrogen and oxygen atoms in total. The number of benzene rings is 1. The molecule has 0 saturated carbocycles. The van der Waals surface area contributed by atoms with Crippen molar-refractivity contribution in [2.45, 2.75) is 20.8 Å². The first-order valence-corrected chi connectivity index (χ1v) is 7.88. The Morgan fingerprint density at radius 1 is 0.920 bits per heavy atom. The number of nitrogens with two attached hydrogens (primary N) is 1. The number of amides is 1. The fourth-order valence-corrected chi connectivity index (χ4v) is 2.63. The largest absolute Gasteiger partial charge is 0.366 e. The van der Waals surface area contributed by atoms with E-state index in [9.17, 15) is 4.79 Å². The SMILES string of the molecule is Cc1ncc(Nc2ccc(-c3ccc(C(N)=O)c(C)c3C)cn2)cn1. The second kappa shape index (κ2) is 6.68. The molecule has 0 spiro atoms. The minimum atomic E-state index is -0.412. The molecule has 0 radical (unpaired) electrons. The van der Waals surface area contributed by atoms with Gasteiger partial charge in [0.05, 0.1) is 18.1 Å². The average molecular weight is 333 g/mol. The van der Waals surface area contributed by atoms with Gasteiger partial charge in [0.25, 0.3) is 0 Å². The fourth-order valence-electron chi connectivity index (χ4n) is 2.63. The zero-order valence-corrected chi connectivity index (χ0v) is 14.4. The molecule has 1 aromatic carbocycles. The standard InChI is InChI=1S/C19H19N5O/c1-11-12(2)17(19(20)25)6-5-16(11)14-4-7-18(23-8-14)24-15-9-21-13(3)22-10-15/h4-10H,1-3H3,(H2,20,25)(H,23,24). The molecule has 2 aromatic heterocycles. The summed E-state index contributed by atoms with van der Waals surface area (Å²) in [6.45, 7) is 5.72. The maximum atomic E-state index is 11.5. The predicted molar refractivity (Wildman–Crippen MR) is 97.7 cm³/mol. The van der Waals surface area contributed by atoms with E-state index < -0.39 is 5.91 Å². The highest BCUT2D eigenvalue weighted by Crippen LogP contribution is 2.28. The van der Waals surface area contributed by atoms with Gasteiger partial charge in [-0.15, -0.1) is 0 Å². The van der Waals surface area contributed by atoms with Crippen LogP contribution in [0.25, 0.3) is 11.1 Å². The number of anilines is 2. The molecular weight excluding hydrogens is 314 g/mol. The number of pyridine rings is 1. The molecule has 2 heterocycles. The molecule has 25 heavy (non-hydrogen) atoms. The van der Waals surface area contributed by atoms with Gasteiger partial charge in [0.1, 0.15) is 11.6 Å². The molecule has 6 heteroatoms. The van der Waals surface area contributed by atoms with Crippen molar-refractivity contribution < 1.29 is 4.79 Å². The first kappa shape index (κ1) is 16.6. The quantitative estimate of drug-likeness (QED) is 0.764. The molecule has 0 aliphatic carbocycles. The zero-order valence-electron chi connectivity index (χ0n) is 14.4. The number of rotatable bonds is 4. The van der Waals surface area contributed by atoms with Crippen molar-refractivity contribution >= 4 is 17.4 Å². The monoisotopic (exact) mass is 333 g/mol. The van der Waals surface area contributed by atoms with E-state index in [-0.39, 0.29) is 0 Å². The van der Waals surface area contributed by atoms with Crippen LogP contribution in [0.1, 0.15) is 27.3 Å². The summed E-state index contributed by atoms with van der Waals surface area (Å²) in [5, 5.41) is 3.16. The number of aromatic nitrogens is 3. The maximum Gasteiger partial charge on any atom is 0.248 e. The molecule has 0 bridgehead atoms. The average Bonchev–Trinajstić information content (AvgIpc) is 2.60. The summed E-state index contributed by atoms with van der Waals surface area (Å²) in [4.78, 5) is 24.2. The number of hydrogen-bond acceptors (Lipinski definition) is 5. The van der Waals surface area contributed by atoms with Crippen molar-refractivity contribution in [1.29, 1.82) is 0 Å². The number of hydrogen-bond donors (Lipinski definition) is 2. The van der Waals surface area contributed by atoms with Crippen LogP contribution in [0.3, 0.4) is 0 Å². The summed E-state index contributed by atoms with van der Waals surface area (Å²) in [5.41, 5.74) is 10.6. The summed E-state index contributed by atoms with van der Waals surface area (Å²) < 4.78 is 0. The fraction of sp³-hybridized carbons (Fsp3) is 0.158. The molecule has 0 fully saturated rings. The Morgan fingerprint density at radius 3 is 2.24 bits per heavy atom. The summed E-state index contributed by atoms with van der Waals surface area (Å²) in [6, 6.07) is 7.54. The third-order valence-electron chi connectivity index (χ3n) is 4.18. The molecule has 3 N–H and O–H groups in total. The molecule has 1 amide bonds. The lowest BCUT2D eigenvalue weighted by molar-refractivity contribution is 0.0999. The highest BCUT2D eigenvalue weighted by atomic mass is 16.1. The van der Waals surface area contributed by atoms with Gasteiger partial charge in [-0.3, -0.25) is 4.79 Å². The maximum absolute atomic E-state index is 11.5. The molecule has 3 aromatic rings. The van der Waals surface area contributed by atoms with E-state index in [1.165, 1.54) is 0 Å². The lowest BCUT2D eigenvalue weighted by Crippen LogP contribution is -2.13. The van der Waals surface area contributed by atoms with Gasteiger partial charge in [0.15, 0.2) is 0 Å². The highest BCUT2D eigenvalue weighted by molar-refractivity contribution is 5.95. The lowest BCUT2D eigenvalue weighted by Gasteiger charge is -2.12. The molecular formula is C19H19N5O. The molecule has 0 unspecified atom stereocenters. The van der Waals surface area contributed by atoms with E-state index in [4.69, 9.17) is 5.73 Å². The number of primary amides is 1. The summed E-state index contributed by atoms with van der Waals surface area (Å²) >= 11 is 0. The minimum absolute atomic E-state index is 0.412. The van der Waals surface area contributed by atoms with Crippen LogP contribution >= 0.6 is 0 Å². The Kier molecular flexibility index (Phi) is 4.43.